The summed E-state index contributed by atoms with van der Waals surface area (Å²) in [5, 5.41) is 3.31. The summed E-state index contributed by atoms with van der Waals surface area (Å²) < 4.78 is 17.6. The number of hydrogen-bond donors (Lipinski definition) is 1. The number of nitrogens with one attached hydrogen (secondary N) is 1. The molecule has 0 aliphatic rings. The molecule has 23 heavy (non-hydrogen) atoms. The molecule has 0 heterocycles. The Labute approximate surface area is 149 Å². The lowest BCUT2D eigenvalue weighted by molar-refractivity contribution is 0.207. The summed E-state index contributed by atoms with van der Waals surface area (Å²) in [6.45, 7) is 3.54. The lowest BCUT2D eigenvalue weighted by atomic mass is 10.3. The van der Waals surface area contributed by atoms with E-state index in [1.54, 1.807) is 0 Å². The first-order valence-electron chi connectivity index (χ1n) is 7.24. The third kappa shape index (κ3) is 6.46. The fourth-order valence-corrected chi connectivity index (χ4v) is 2.37. The molecule has 0 fully saturated rings. The molecule has 4 nitrogen and oxygen atoms in total. The third-order valence-corrected chi connectivity index (χ3v) is 3.52. The van der Waals surface area contributed by atoms with E-state index < -0.39 is 0 Å². The van der Waals surface area contributed by atoms with Crippen LogP contribution in [0, 0.1) is 0 Å². The molecule has 1 N–H and O–H groups in total. The number of hydrogen-bond acceptors (Lipinski definition) is 4. The van der Waals surface area contributed by atoms with Crippen LogP contribution in [0.1, 0.15) is 6.92 Å². The fourth-order valence-electron chi connectivity index (χ4n) is 1.76. The average molecular weight is 396 g/mol. The van der Waals surface area contributed by atoms with Gasteiger partial charge in [-0.25, -0.2) is 0 Å². The molecule has 2 aromatic carbocycles. The fraction of sp³-hybridized carbons (Fsp3) is 0.235. The predicted molar refractivity (Wildman–Crippen MR) is 98.4 cm³/mol. The number of rotatable bonds is 7. The van der Waals surface area contributed by atoms with Gasteiger partial charge in [0.2, 0.25) is 0 Å². The van der Waals surface area contributed by atoms with Gasteiger partial charge in [-0.3, -0.25) is 0 Å². The molecule has 0 unspecified atom stereocenters. The summed E-state index contributed by atoms with van der Waals surface area (Å²) in [5.74, 6) is 2.28. The Morgan fingerprint density at radius 1 is 1.04 bits per heavy atom. The van der Waals surface area contributed by atoms with Gasteiger partial charge >= 0.3 is 0 Å². The van der Waals surface area contributed by atoms with E-state index in [1.807, 2.05) is 55.5 Å². The number of halogens is 1. The van der Waals surface area contributed by atoms with E-state index in [-0.39, 0.29) is 0 Å². The minimum absolute atomic E-state index is 0.397. The first-order chi connectivity index (χ1) is 11.2. The maximum absolute atomic E-state index is 5.76. The lowest BCUT2D eigenvalue weighted by Crippen LogP contribution is -2.25. The maximum atomic E-state index is 5.76. The van der Waals surface area contributed by atoms with E-state index in [2.05, 4.69) is 21.2 Å². The standard InChI is InChI=1S/C17H18BrNO3S/c1-2-19-17(23)21-11-10-20-14-6-8-15(9-7-14)22-16-5-3-4-13(18)12-16/h3-9,12H,2,10-11H2,1H3,(H,19,23). The van der Waals surface area contributed by atoms with Gasteiger partial charge < -0.3 is 19.5 Å². The molecule has 0 amide bonds. The molecular weight excluding hydrogens is 378 g/mol. The van der Waals surface area contributed by atoms with Crippen LogP contribution in [0.5, 0.6) is 17.2 Å². The molecule has 0 atom stereocenters. The summed E-state index contributed by atoms with van der Waals surface area (Å²) in [6.07, 6.45) is 0. The van der Waals surface area contributed by atoms with Crippen molar-refractivity contribution >= 4 is 33.3 Å². The van der Waals surface area contributed by atoms with Gasteiger partial charge in [0.05, 0.1) is 0 Å². The Morgan fingerprint density at radius 3 is 2.48 bits per heavy atom. The topological polar surface area (TPSA) is 39.7 Å². The summed E-state index contributed by atoms with van der Waals surface area (Å²) >= 11 is 8.38. The molecule has 0 aliphatic heterocycles. The van der Waals surface area contributed by atoms with Crippen molar-refractivity contribution < 1.29 is 14.2 Å². The Morgan fingerprint density at radius 2 is 1.78 bits per heavy atom. The largest absolute Gasteiger partial charge is 0.490 e. The first-order valence-corrected chi connectivity index (χ1v) is 8.44. The molecule has 2 rings (SSSR count). The summed E-state index contributed by atoms with van der Waals surface area (Å²) in [6, 6.07) is 15.1. The maximum Gasteiger partial charge on any atom is 0.256 e. The van der Waals surface area contributed by atoms with E-state index >= 15 is 0 Å². The predicted octanol–water partition coefficient (Wildman–Crippen LogP) is 4.53. The Balaban J connectivity index is 1.77. The molecule has 6 heteroatoms. The van der Waals surface area contributed by atoms with Crippen LogP contribution >= 0.6 is 28.1 Å². The van der Waals surface area contributed by atoms with E-state index in [0.29, 0.717) is 18.4 Å². The number of benzene rings is 2. The average Bonchev–Trinajstić information content (AvgIpc) is 2.53. The van der Waals surface area contributed by atoms with Crippen molar-refractivity contribution in [1.29, 1.82) is 0 Å². The molecule has 2 aromatic rings. The third-order valence-electron chi connectivity index (χ3n) is 2.76. The minimum atomic E-state index is 0.397. The quantitative estimate of drug-likeness (QED) is 0.550. The summed E-state index contributed by atoms with van der Waals surface area (Å²) in [7, 11) is 0. The van der Waals surface area contributed by atoms with Gasteiger partial charge in [-0.05, 0) is 61.6 Å². The van der Waals surface area contributed by atoms with Crippen LogP contribution in [0.2, 0.25) is 0 Å². The van der Waals surface area contributed by atoms with E-state index in [0.717, 1.165) is 28.3 Å². The Bertz CT molecular complexity index is 634. The van der Waals surface area contributed by atoms with Gasteiger partial charge in [0.1, 0.15) is 30.5 Å². The summed E-state index contributed by atoms with van der Waals surface area (Å²) in [5.41, 5.74) is 0. The molecular formula is C17H18BrNO3S. The second kappa shape index (κ2) is 9.37. The number of ether oxygens (including phenoxy) is 3. The van der Waals surface area contributed by atoms with Crippen molar-refractivity contribution in [3.8, 4) is 17.2 Å². The zero-order chi connectivity index (χ0) is 16.5. The van der Waals surface area contributed by atoms with Crippen LogP contribution in [0.25, 0.3) is 0 Å². The van der Waals surface area contributed by atoms with Crippen molar-refractivity contribution in [1.82, 2.24) is 5.32 Å². The first kappa shape index (κ1) is 17.6. The van der Waals surface area contributed by atoms with Crippen LogP contribution < -0.4 is 14.8 Å². The normalized spacial score (nSPS) is 10.0. The molecule has 122 valence electrons. The SMILES string of the molecule is CCNC(=S)OCCOc1ccc(Oc2cccc(Br)c2)cc1. The zero-order valence-corrected chi connectivity index (χ0v) is 15.2. The van der Waals surface area contributed by atoms with Crippen LogP contribution in [-0.4, -0.2) is 24.9 Å². The van der Waals surface area contributed by atoms with Gasteiger partial charge in [-0.2, -0.15) is 0 Å². The number of thiocarbonyl (C=S) groups is 1. The molecule has 0 aromatic heterocycles. The molecule has 0 bridgehead atoms. The van der Waals surface area contributed by atoms with E-state index in [9.17, 15) is 0 Å². The van der Waals surface area contributed by atoms with Gasteiger partial charge in [-0.15, -0.1) is 0 Å². The van der Waals surface area contributed by atoms with Crippen molar-refractivity contribution in [2.24, 2.45) is 0 Å². The lowest BCUT2D eigenvalue weighted by Gasteiger charge is -2.10. The minimum Gasteiger partial charge on any atom is -0.490 e. The van der Waals surface area contributed by atoms with E-state index in [1.165, 1.54) is 0 Å². The second-order valence-corrected chi connectivity index (χ2v) is 5.83. The van der Waals surface area contributed by atoms with Gasteiger partial charge in [-0.1, -0.05) is 22.0 Å². The van der Waals surface area contributed by atoms with Crippen LogP contribution in [0.4, 0.5) is 0 Å². The van der Waals surface area contributed by atoms with Crippen LogP contribution in [0.3, 0.4) is 0 Å². The van der Waals surface area contributed by atoms with Gasteiger partial charge in [0, 0.05) is 11.0 Å². The monoisotopic (exact) mass is 395 g/mol. The molecule has 0 spiro atoms. The molecule has 0 saturated heterocycles. The zero-order valence-electron chi connectivity index (χ0n) is 12.8. The van der Waals surface area contributed by atoms with Crippen molar-refractivity contribution in [3.63, 3.8) is 0 Å². The van der Waals surface area contributed by atoms with Gasteiger partial charge in [0.15, 0.2) is 0 Å². The van der Waals surface area contributed by atoms with E-state index in [4.69, 9.17) is 26.4 Å². The molecule has 0 aliphatic carbocycles. The molecule has 0 radical (unpaired) electrons. The Kier molecular flexibility index (Phi) is 7.16. The highest BCUT2D eigenvalue weighted by Gasteiger charge is 2.00. The second-order valence-electron chi connectivity index (χ2n) is 4.55. The molecule has 0 saturated carbocycles. The highest BCUT2D eigenvalue weighted by molar-refractivity contribution is 9.10. The van der Waals surface area contributed by atoms with Crippen LogP contribution in [-0.2, 0) is 4.74 Å². The van der Waals surface area contributed by atoms with Crippen molar-refractivity contribution in [2.45, 2.75) is 6.92 Å². The van der Waals surface area contributed by atoms with Crippen LogP contribution in [0.15, 0.2) is 53.0 Å². The summed E-state index contributed by atoms with van der Waals surface area (Å²) in [4.78, 5) is 0. The van der Waals surface area contributed by atoms with Crippen molar-refractivity contribution in [2.75, 3.05) is 19.8 Å². The smallest absolute Gasteiger partial charge is 0.256 e. The highest BCUT2D eigenvalue weighted by atomic mass is 79.9. The van der Waals surface area contributed by atoms with Gasteiger partial charge in [0.25, 0.3) is 5.17 Å². The highest BCUT2D eigenvalue weighted by Crippen LogP contribution is 2.25. The van der Waals surface area contributed by atoms with Crippen molar-refractivity contribution in [3.05, 3.63) is 53.0 Å². The Hall–Kier alpha value is -1.79.